The number of carbonyl (C=O) groups is 2. The Bertz CT molecular complexity index is 350. The first-order chi connectivity index (χ1) is 12.2. The highest BCUT2D eigenvalue weighted by molar-refractivity contribution is 5.72. The molecule has 0 fully saturated rings. The Morgan fingerprint density at radius 1 is 0.640 bits per heavy atom. The molecule has 0 unspecified atom stereocenters. The van der Waals surface area contributed by atoms with Gasteiger partial charge < -0.3 is 9.47 Å². The quantitative estimate of drug-likeness (QED) is 0.190. The first kappa shape index (κ1) is 23.7. The molecule has 0 aromatic rings. The van der Waals surface area contributed by atoms with Gasteiger partial charge in [0.1, 0.15) is 0 Å². The van der Waals surface area contributed by atoms with E-state index in [0.717, 1.165) is 25.7 Å². The first-order valence-corrected chi connectivity index (χ1v) is 10.2. The van der Waals surface area contributed by atoms with E-state index in [1.54, 1.807) is 0 Å². The summed E-state index contributed by atoms with van der Waals surface area (Å²) in [5, 5.41) is 0. The molecule has 0 saturated carbocycles. The van der Waals surface area contributed by atoms with Crippen LogP contribution in [0.1, 0.15) is 97.3 Å². The molecule has 0 aromatic heterocycles. The molecule has 0 atom stereocenters. The van der Waals surface area contributed by atoms with E-state index >= 15 is 0 Å². The van der Waals surface area contributed by atoms with E-state index < -0.39 is 0 Å². The average molecular weight is 355 g/mol. The van der Waals surface area contributed by atoms with Gasteiger partial charge in [0.05, 0.1) is 13.2 Å². The van der Waals surface area contributed by atoms with Gasteiger partial charge in [-0.05, 0) is 32.1 Å². The minimum atomic E-state index is -0.230. The largest absolute Gasteiger partial charge is 0.466 e. The fourth-order valence-electron chi connectivity index (χ4n) is 2.40. The van der Waals surface area contributed by atoms with E-state index in [-0.39, 0.29) is 18.4 Å². The Balaban J connectivity index is 3.40. The fourth-order valence-corrected chi connectivity index (χ4v) is 2.40. The molecule has 0 aliphatic heterocycles. The van der Waals surface area contributed by atoms with Crippen LogP contribution in [0.25, 0.3) is 0 Å². The third kappa shape index (κ3) is 18.9. The van der Waals surface area contributed by atoms with Crippen molar-refractivity contribution in [2.45, 2.75) is 97.3 Å². The summed E-state index contributed by atoms with van der Waals surface area (Å²) in [5.41, 5.74) is 0. The van der Waals surface area contributed by atoms with Gasteiger partial charge in [0.25, 0.3) is 0 Å². The summed E-state index contributed by atoms with van der Waals surface area (Å²) in [6.07, 6.45) is 16.6. The summed E-state index contributed by atoms with van der Waals surface area (Å²) in [5.74, 6) is -0.440. The molecule has 0 N–H and O–H groups in total. The molecule has 0 aliphatic carbocycles. The van der Waals surface area contributed by atoms with Crippen molar-refractivity contribution in [1.82, 2.24) is 0 Å². The summed E-state index contributed by atoms with van der Waals surface area (Å²) in [4.78, 5) is 23.1. The Morgan fingerprint density at radius 3 is 1.88 bits per heavy atom. The standard InChI is InChI=1S/C21H38O4/c1-3-5-7-9-10-12-14-19-25-21(23)17-15-16-20(22)24-18-13-11-8-6-4-2/h10,12H,3-9,11,13-19H2,1-2H3/b12-10-. The maximum absolute atomic E-state index is 11.6. The molecule has 0 aliphatic rings. The van der Waals surface area contributed by atoms with Crippen LogP contribution in [0.4, 0.5) is 0 Å². The lowest BCUT2D eigenvalue weighted by atomic mass is 10.2. The topological polar surface area (TPSA) is 52.6 Å². The predicted molar refractivity (Wildman–Crippen MR) is 102 cm³/mol. The van der Waals surface area contributed by atoms with Crippen LogP contribution < -0.4 is 0 Å². The number of hydrogen-bond donors (Lipinski definition) is 0. The monoisotopic (exact) mass is 354 g/mol. The first-order valence-electron chi connectivity index (χ1n) is 10.2. The lowest BCUT2D eigenvalue weighted by Crippen LogP contribution is -2.09. The minimum Gasteiger partial charge on any atom is -0.466 e. The highest BCUT2D eigenvalue weighted by atomic mass is 16.5. The second-order valence-electron chi connectivity index (χ2n) is 6.46. The molecule has 4 nitrogen and oxygen atoms in total. The summed E-state index contributed by atoms with van der Waals surface area (Å²) in [6, 6.07) is 0. The summed E-state index contributed by atoms with van der Waals surface area (Å²) >= 11 is 0. The van der Waals surface area contributed by atoms with Crippen molar-refractivity contribution in [3.63, 3.8) is 0 Å². The SMILES string of the molecule is CCCCC/C=C\CCOC(=O)CCCC(=O)OCCCCCCC. The summed E-state index contributed by atoms with van der Waals surface area (Å²) in [6.45, 7) is 5.29. The van der Waals surface area contributed by atoms with Gasteiger partial charge in [-0.2, -0.15) is 0 Å². The van der Waals surface area contributed by atoms with Crippen molar-refractivity contribution in [2.75, 3.05) is 13.2 Å². The third-order valence-corrected chi connectivity index (χ3v) is 3.96. The molecule has 0 amide bonds. The maximum atomic E-state index is 11.6. The van der Waals surface area contributed by atoms with Crippen LogP contribution in [0.3, 0.4) is 0 Å². The van der Waals surface area contributed by atoms with Crippen molar-refractivity contribution >= 4 is 11.9 Å². The van der Waals surface area contributed by atoms with Crippen molar-refractivity contribution in [3.05, 3.63) is 12.2 Å². The van der Waals surface area contributed by atoms with E-state index in [4.69, 9.17) is 9.47 Å². The van der Waals surface area contributed by atoms with Gasteiger partial charge in [0.2, 0.25) is 0 Å². The molecule has 146 valence electrons. The van der Waals surface area contributed by atoms with E-state index in [1.165, 1.54) is 38.5 Å². The van der Waals surface area contributed by atoms with E-state index in [0.29, 0.717) is 26.1 Å². The highest BCUT2D eigenvalue weighted by Gasteiger charge is 2.07. The zero-order chi connectivity index (χ0) is 18.6. The summed E-state index contributed by atoms with van der Waals surface area (Å²) in [7, 11) is 0. The van der Waals surface area contributed by atoms with Gasteiger partial charge in [-0.15, -0.1) is 0 Å². The van der Waals surface area contributed by atoms with Crippen LogP contribution >= 0.6 is 0 Å². The molecule has 0 spiro atoms. The third-order valence-electron chi connectivity index (χ3n) is 3.96. The molecular weight excluding hydrogens is 316 g/mol. The highest BCUT2D eigenvalue weighted by Crippen LogP contribution is 2.05. The predicted octanol–water partition coefficient (Wildman–Crippen LogP) is 5.74. The van der Waals surface area contributed by atoms with E-state index in [1.807, 2.05) is 0 Å². The van der Waals surface area contributed by atoms with E-state index in [2.05, 4.69) is 26.0 Å². The number of esters is 2. The molecule has 25 heavy (non-hydrogen) atoms. The van der Waals surface area contributed by atoms with Crippen LogP contribution in [0.5, 0.6) is 0 Å². The van der Waals surface area contributed by atoms with Crippen LogP contribution in [0.2, 0.25) is 0 Å². The molecule has 0 aromatic carbocycles. The number of rotatable bonds is 17. The molecule has 0 saturated heterocycles. The Labute approximate surface area is 154 Å². The van der Waals surface area contributed by atoms with Gasteiger partial charge in [-0.25, -0.2) is 0 Å². The molecular formula is C21H38O4. The molecule has 0 heterocycles. The van der Waals surface area contributed by atoms with Gasteiger partial charge in [0, 0.05) is 12.8 Å². The number of allylic oxidation sites excluding steroid dienone is 1. The van der Waals surface area contributed by atoms with Gasteiger partial charge in [-0.3, -0.25) is 9.59 Å². The Kier molecular flexibility index (Phi) is 18.0. The average Bonchev–Trinajstić information content (AvgIpc) is 2.60. The van der Waals surface area contributed by atoms with E-state index in [9.17, 15) is 9.59 Å². The minimum absolute atomic E-state index is 0.210. The second-order valence-corrected chi connectivity index (χ2v) is 6.46. The number of unbranched alkanes of at least 4 members (excludes halogenated alkanes) is 7. The number of ether oxygens (including phenoxy) is 2. The van der Waals surface area contributed by atoms with Crippen LogP contribution in [0.15, 0.2) is 12.2 Å². The zero-order valence-corrected chi connectivity index (χ0v) is 16.4. The van der Waals surface area contributed by atoms with Crippen molar-refractivity contribution in [2.24, 2.45) is 0 Å². The maximum Gasteiger partial charge on any atom is 0.305 e. The molecule has 4 heteroatoms. The van der Waals surface area contributed by atoms with Gasteiger partial charge in [-0.1, -0.05) is 64.5 Å². The normalized spacial score (nSPS) is 11.0. The molecule has 0 radical (unpaired) electrons. The second kappa shape index (κ2) is 19.0. The Morgan fingerprint density at radius 2 is 1.20 bits per heavy atom. The van der Waals surface area contributed by atoms with Crippen LogP contribution in [0, 0.1) is 0 Å². The smallest absolute Gasteiger partial charge is 0.305 e. The van der Waals surface area contributed by atoms with Crippen LogP contribution in [-0.2, 0) is 19.1 Å². The number of hydrogen-bond acceptors (Lipinski definition) is 4. The van der Waals surface area contributed by atoms with Gasteiger partial charge in [0.15, 0.2) is 0 Å². The molecule has 0 bridgehead atoms. The fraction of sp³-hybridized carbons (Fsp3) is 0.810. The van der Waals surface area contributed by atoms with Crippen molar-refractivity contribution in [3.8, 4) is 0 Å². The van der Waals surface area contributed by atoms with Crippen LogP contribution in [-0.4, -0.2) is 25.2 Å². The molecule has 0 rings (SSSR count). The Hall–Kier alpha value is -1.32. The number of carbonyl (C=O) groups excluding carboxylic acids is 2. The summed E-state index contributed by atoms with van der Waals surface area (Å²) < 4.78 is 10.3. The lowest BCUT2D eigenvalue weighted by Gasteiger charge is -2.05. The van der Waals surface area contributed by atoms with Crippen molar-refractivity contribution in [1.29, 1.82) is 0 Å². The van der Waals surface area contributed by atoms with Gasteiger partial charge >= 0.3 is 11.9 Å². The zero-order valence-electron chi connectivity index (χ0n) is 16.4. The lowest BCUT2D eigenvalue weighted by molar-refractivity contribution is -0.145. The van der Waals surface area contributed by atoms with Crippen molar-refractivity contribution < 1.29 is 19.1 Å².